The average Bonchev–Trinajstić information content (AvgIpc) is 2.30. The maximum Gasteiger partial charge on any atom is 0.0406 e. The van der Waals surface area contributed by atoms with Gasteiger partial charge in [0.1, 0.15) is 0 Å². The van der Waals surface area contributed by atoms with Crippen molar-refractivity contribution in [3.8, 4) is 0 Å². The molecule has 80 valence electrons. The molecule has 0 saturated heterocycles. The lowest BCUT2D eigenvalue weighted by molar-refractivity contribution is 1.54. The van der Waals surface area contributed by atoms with Crippen molar-refractivity contribution < 1.29 is 0 Å². The molecule has 0 unspecified atom stereocenters. The zero-order chi connectivity index (χ0) is 11.5. The molecule has 0 radical (unpaired) electrons. The summed E-state index contributed by atoms with van der Waals surface area (Å²) in [6.07, 6.45) is 0. The van der Waals surface area contributed by atoms with E-state index in [1.54, 1.807) is 0 Å². The molecule has 0 fully saturated rings. The van der Waals surface area contributed by atoms with Crippen molar-refractivity contribution in [1.82, 2.24) is 0 Å². The third-order valence-electron chi connectivity index (χ3n) is 2.39. The van der Waals surface area contributed by atoms with E-state index in [1.165, 1.54) is 0 Å². The predicted octanol–water partition coefficient (Wildman–Crippen LogP) is 5.16. The molecule has 0 N–H and O–H groups in total. The van der Waals surface area contributed by atoms with Gasteiger partial charge in [0.2, 0.25) is 0 Å². The molecule has 0 atom stereocenters. The molecular weight excluding hydrogens is 284 g/mol. The van der Waals surface area contributed by atoms with Gasteiger partial charge in [-0.25, -0.2) is 0 Å². The summed E-state index contributed by atoms with van der Waals surface area (Å²) in [6.45, 7) is 4.10. The highest BCUT2D eigenvalue weighted by molar-refractivity contribution is 9.10. The summed E-state index contributed by atoms with van der Waals surface area (Å²) in [6, 6.07) is 15.8. The van der Waals surface area contributed by atoms with Crippen LogP contribution in [0.4, 0.5) is 0 Å². The smallest absolute Gasteiger partial charge is 0.0406 e. The topological polar surface area (TPSA) is 0 Å². The van der Waals surface area contributed by atoms with E-state index in [2.05, 4.69) is 22.5 Å². The van der Waals surface area contributed by atoms with Crippen molar-refractivity contribution in [3.05, 3.63) is 75.7 Å². The summed E-state index contributed by atoms with van der Waals surface area (Å²) < 4.78 is 1.07. The van der Waals surface area contributed by atoms with E-state index in [9.17, 15) is 0 Å². The Labute approximate surface area is 109 Å². The van der Waals surface area contributed by atoms with Gasteiger partial charge in [-0.2, -0.15) is 0 Å². The first-order valence-electron chi connectivity index (χ1n) is 4.87. The highest BCUT2D eigenvalue weighted by Crippen LogP contribution is 2.24. The zero-order valence-corrected chi connectivity index (χ0v) is 10.9. The van der Waals surface area contributed by atoms with Crippen LogP contribution in [0.5, 0.6) is 0 Å². The Balaban J connectivity index is 2.32. The molecule has 0 spiro atoms. The van der Waals surface area contributed by atoms with Gasteiger partial charge < -0.3 is 0 Å². The number of rotatable bonds is 2. The van der Waals surface area contributed by atoms with Crippen LogP contribution in [0.1, 0.15) is 11.1 Å². The summed E-state index contributed by atoms with van der Waals surface area (Å²) in [5, 5.41) is 0.743. The summed E-state index contributed by atoms with van der Waals surface area (Å²) in [5.74, 6) is 0. The van der Waals surface area contributed by atoms with E-state index in [4.69, 9.17) is 11.6 Å². The van der Waals surface area contributed by atoms with Crippen LogP contribution in [0.15, 0.2) is 59.6 Å². The summed E-state index contributed by atoms with van der Waals surface area (Å²) in [7, 11) is 0. The van der Waals surface area contributed by atoms with Gasteiger partial charge in [-0.05, 0) is 41.0 Å². The normalized spacial score (nSPS) is 10.1. The predicted molar refractivity (Wildman–Crippen MR) is 73.7 cm³/mol. The van der Waals surface area contributed by atoms with Gasteiger partial charge in [0.05, 0.1) is 0 Å². The minimum Gasteiger partial charge on any atom is -0.0906 e. The second kappa shape index (κ2) is 4.86. The Morgan fingerprint density at radius 2 is 1.31 bits per heavy atom. The highest BCUT2D eigenvalue weighted by atomic mass is 79.9. The van der Waals surface area contributed by atoms with Crippen molar-refractivity contribution in [3.63, 3.8) is 0 Å². The number of hydrogen-bond acceptors (Lipinski definition) is 0. The number of halogens is 2. The van der Waals surface area contributed by atoms with E-state index in [1.807, 2.05) is 48.5 Å². The lowest BCUT2D eigenvalue weighted by Crippen LogP contribution is -1.85. The van der Waals surface area contributed by atoms with Crippen LogP contribution in [0, 0.1) is 0 Å². The van der Waals surface area contributed by atoms with Crippen LogP contribution in [0.3, 0.4) is 0 Å². The maximum atomic E-state index is 5.85. The third-order valence-corrected chi connectivity index (χ3v) is 3.17. The van der Waals surface area contributed by atoms with Gasteiger partial charge in [-0.3, -0.25) is 0 Å². The molecule has 0 aromatic heterocycles. The van der Waals surface area contributed by atoms with Crippen molar-refractivity contribution in [2.24, 2.45) is 0 Å². The third kappa shape index (κ3) is 2.55. The number of hydrogen-bond donors (Lipinski definition) is 0. The van der Waals surface area contributed by atoms with Gasteiger partial charge in [-0.1, -0.05) is 58.4 Å². The van der Waals surface area contributed by atoms with Crippen LogP contribution < -0.4 is 0 Å². The van der Waals surface area contributed by atoms with Crippen molar-refractivity contribution in [1.29, 1.82) is 0 Å². The van der Waals surface area contributed by atoms with E-state index >= 15 is 0 Å². The fourth-order valence-corrected chi connectivity index (χ4v) is 1.86. The molecule has 0 aliphatic carbocycles. The lowest BCUT2D eigenvalue weighted by Gasteiger charge is -2.06. The van der Waals surface area contributed by atoms with Gasteiger partial charge in [0, 0.05) is 9.50 Å². The lowest BCUT2D eigenvalue weighted by atomic mass is 10.00. The summed E-state index contributed by atoms with van der Waals surface area (Å²) >= 11 is 9.26. The van der Waals surface area contributed by atoms with Crippen molar-refractivity contribution in [2.45, 2.75) is 0 Å². The molecule has 2 rings (SSSR count). The van der Waals surface area contributed by atoms with E-state index < -0.39 is 0 Å². The molecule has 0 heterocycles. The fraction of sp³-hybridized carbons (Fsp3) is 0. The van der Waals surface area contributed by atoms with Crippen LogP contribution in [-0.2, 0) is 0 Å². The van der Waals surface area contributed by atoms with Crippen LogP contribution in [0.25, 0.3) is 5.57 Å². The first-order valence-corrected chi connectivity index (χ1v) is 6.05. The molecule has 0 amide bonds. The Kier molecular flexibility index (Phi) is 3.47. The molecule has 0 nitrogen and oxygen atoms in total. The summed E-state index contributed by atoms with van der Waals surface area (Å²) in [5.41, 5.74) is 3.21. The SMILES string of the molecule is C=C(c1ccc(Cl)cc1)c1ccc(Br)cc1. The zero-order valence-electron chi connectivity index (χ0n) is 8.58. The monoisotopic (exact) mass is 292 g/mol. The van der Waals surface area contributed by atoms with E-state index in [0.29, 0.717) is 0 Å². The van der Waals surface area contributed by atoms with Crippen LogP contribution in [0.2, 0.25) is 5.02 Å². The Bertz CT molecular complexity index is 450. The van der Waals surface area contributed by atoms with E-state index in [0.717, 1.165) is 26.2 Å². The van der Waals surface area contributed by atoms with Gasteiger partial charge in [-0.15, -0.1) is 0 Å². The molecule has 16 heavy (non-hydrogen) atoms. The van der Waals surface area contributed by atoms with Gasteiger partial charge >= 0.3 is 0 Å². The molecule has 0 bridgehead atoms. The van der Waals surface area contributed by atoms with Crippen molar-refractivity contribution >= 4 is 33.1 Å². The van der Waals surface area contributed by atoms with Gasteiger partial charge in [0.25, 0.3) is 0 Å². The Morgan fingerprint density at radius 3 is 1.81 bits per heavy atom. The molecule has 0 aliphatic heterocycles. The van der Waals surface area contributed by atoms with Crippen LogP contribution in [-0.4, -0.2) is 0 Å². The molecule has 2 heteroatoms. The maximum absolute atomic E-state index is 5.85. The standard InChI is InChI=1S/C14H10BrCl/c1-10(11-2-6-13(15)7-3-11)12-4-8-14(16)9-5-12/h2-9H,1H2. The first kappa shape index (κ1) is 11.4. The quantitative estimate of drug-likeness (QED) is 0.717. The molecule has 2 aromatic rings. The Hall–Kier alpha value is -1.05. The largest absolute Gasteiger partial charge is 0.0906 e. The highest BCUT2D eigenvalue weighted by Gasteiger charge is 2.01. The molecular formula is C14H10BrCl. The second-order valence-electron chi connectivity index (χ2n) is 3.49. The summed E-state index contributed by atoms with van der Waals surface area (Å²) in [4.78, 5) is 0. The Morgan fingerprint density at radius 1 is 0.875 bits per heavy atom. The second-order valence-corrected chi connectivity index (χ2v) is 4.84. The van der Waals surface area contributed by atoms with E-state index in [-0.39, 0.29) is 0 Å². The molecule has 2 aromatic carbocycles. The average molecular weight is 294 g/mol. The minimum atomic E-state index is 0.743. The fourth-order valence-electron chi connectivity index (χ4n) is 1.47. The number of benzene rings is 2. The van der Waals surface area contributed by atoms with Gasteiger partial charge in [0.15, 0.2) is 0 Å². The van der Waals surface area contributed by atoms with Crippen LogP contribution >= 0.6 is 27.5 Å². The molecule has 0 aliphatic rings. The van der Waals surface area contributed by atoms with Crippen molar-refractivity contribution in [2.75, 3.05) is 0 Å². The first-order chi connectivity index (χ1) is 7.66. The molecule has 0 saturated carbocycles. The minimum absolute atomic E-state index is 0.743.